The lowest BCUT2D eigenvalue weighted by molar-refractivity contribution is -0.131. The molecule has 1 aromatic rings. The van der Waals surface area contributed by atoms with Crippen molar-refractivity contribution >= 4 is 65.8 Å². The molecular formula is C10H6Br3NO3. The van der Waals surface area contributed by atoms with E-state index in [-0.39, 0.29) is 10.4 Å². The van der Waals surface area contributed by atoms with Gasteiger partial charge in [0.2, 0.25) is 5.90 Å². The number of hydrogen-bond acceptors (Lipinski definition) is 3. The maximum Gasteiger partial charge on any atom is 0.343 e. The van der Waals surface area contributed by atoms with Gasteiger partial charge in [0.25, 0.3) is 0 Å². The summed E-state index contributed by atoms with van der Waals surface area (Å²) in [4.78, 5) is 11.0. The second kappa shape index (κ2) is 6.93. The van der Waals surface area contributed by atoms with Crippen LogP contribution in [0.1, 0.15) is 5.56 Å². The summed E-state index contributed by atoms with van der Waals surface area (Å²) in [5, 5.41) is 9.01. The Morgan fingerprint density at radius 1 is 1.29 bits per heavy atom. The molecule has 0 amide bonds. The molecule has 0 saturated carbocycles. The van der Waals surface area contributed by atoms with Gasteiger partial charge in [0.05, 0.1) is 21.7 Å². The van der Waals surface area contributed by atoms with Crippen molar-refractivity contribution in [3.8, 4) is 0 Å². The van der Waals surface area contributed by atoms with Gasteiger partial charge in [0, 0.05) is 0 Å². The molecule has 0 fully saturated rings. The first kappa shape index (κ1) is 14.4. The van der Waals surface area contributed by atoms with Gasteiger partial charge in [-0.3, -0.25) is 0 Å². The molecule has 4 nitrogen and oxygen atoms in total. The van der Waals surface area contributed by atoms with E-state index in [1.807, 2.05) is 6.07 Å². The summed E-state index contributed by atoms with van der Waals surface area (Å²) in [6, 6.07) is 8.91. The number of rotatable bonds is 3. The van der Waals surface area contributed by atoms with Crippen LogP contribution in [0.3, 0.4) is 0 Å². The maximum absolute atomic E-state index is 11.0. The van der Waals surface area contributed by atoms with Crippen molar-refractivity contribution in [1.29, 1.82) is 0 Å². The highest BCUT2D eigenvalue weighted by Crippen LogP contribution is 2.26. The van der Waals surface area contributed by atoms with Gasteiger partial charge in [-0.25, -0.2) is 4.79 Å². The van der Waals surface area contributed by atoms with Gasteiger partial charge in [-0.15, -0.1) is 0 Å². The van der Waals surface area contributed by atoms with Crippen molar-refractivity contribution in [1.82, 2.24) is 0 Å². The van der Waals surface area contributed by atoms with Crippen LogP contribution in [-0.2, 0) is 8.62 Å². The molecule has 1 aromatic carbocycles. The van der Waals surface area contributed by atoms with Crippen molar-refractivity contribution in [2.24, 2.45) is 4.02 Å². The van der Waals surface area contributed by atoms with Gasteiger partial charge in [-0.1, -0.05) is 30.3 Å². The number of halogens is 3. The monoisotopic (exact) mass is 425 g/mol. The van der Waals surface area contributed by atoms with Gasteiger partial charge in [0.1, 0.15) is 4.48 Å². The summed E-state index contributed by atoms with van der Waals surface area (Å²) in [7, 11) is 0. The Morgan fingerprint density at radius 3 is 2.29 bits per heavy atom. The second-order valence-corrected chi connectivity index (χ2v) is 4.30. The summed E-state index contributed by atoms with van der Waals surface area (Å²) in [5.41, 5.74) is 0.992. The van der Waals surface area contributed by atoms with E-state index in [2.05, 4.69) is 52.4 Å². The summed E-state index contributed by atoms with van der Waals surface area (Å²) < 4.78 is 8.51. The van der Waals surface area contributed by atoms with Crippen LogP contribution in [0, 0.1) is 0 Å². The van der Waals surface area contributed by atoms with E-state index in [0.717, 1.165) is 0 Å². The Balaban J connectivity index is 3.42. The molecule has 0 atom stereocenters. The zero-order chi connectivity index (χ0) is 12.8. The van der Waals surface area contributed by atoms with Gasteiger partial charge in [0.15, 0.2) is 16.3 Å². The van der Waals surface area contributed by atoms with E-state index in [1.54, 1.807) is 24.3 Å². The van der Waals surface area contributed by atoms with E-state index >= 15 is 0 Å². The topological polar surface area (TPSA) is 58.9 Å². The minimum Gasteiger partial charge on any atom is -0.477 e. The molecule has 0 saturated heterocycles. The fraction of sp³-hybridized carbons (Fsp3) is 0. The van der Waals surface area contributed by atoms with E-state index in [0.29, 0.717) is 11.1 Å². The first-order chi connectivity index (χ1) is 8.11. The molecule has 0 radical (unpaired) electrons. The van der Waals surface area contributed by atoms with Crippen molar-refractivity contribution in [2.45, 2.75) is 0 Å². The van der Waals surface area contributed by atoms with Crippen molar-refractivity contribution in [2.75, 3.05) is 0 Å². The Morgan fingerprint density at radius 2 is 1.88 bits per heavy atom. The molecule has 1 rings (SSSR count). The molecule has 0 aromatic heterocycles. The number of nitrogens with zero attached hydrogens (tertiary/aromatic N) is 1. The predicted molar refractivity (Wildman–Crippen MR) is 76.3 cm³/mol. The third-order valence-corrected chi connectivity index (χ3v) is 3.20. The fourth-order valence-corrected chi connectivity index (χ4v) is 2.23. The molecule has 0 aliphatic carbocycles. The fourth-order valence-electron chi connectivity index (χ4n) is 1.15. The molecular weight excluding hydrogens is 422 g/mol. The predicted octanol–water partition coefficient (Wildman–Crippen LogP) is 3.91. The molecule has 0 bridgehead atoms. The number of carboxylic acid groups (broad SMARTS) is 1. The van der Waals surface area contributed by atoms with E-state index in [4.69, 9.17) is 8.93 Å². The third-order valence-electron chi connectivity index (χ3n) is 1.83. The largest absolute Gasteiger partial charge is 0.477 e. The zero-order valence-electron chi connectivity index (χ0n) is 8.23. The highest BCUT2D eigenvalue weighted by atomic mass is 79.9. The zero-order valence-corrected chi connectivity index (χ0v) is 13.0. The standard InChI is InChI=1S/C10H6Br3NO3/c11-8(10(15)16)7(9(14-12)17-13)6-4-2-1-3-5-6/h1-5H,(H,15,16). The van der Waals surface area contributed by atoms with Crippen molar-refractivity contribution in [3.63, 3.8) is 0 Å². The average molecular weight is 428 g/mol. The number of carboxylic acids is 1. The van der Waals surface area contributed by atoms with Crippen LogP contribution in [0.2, 0.25) is 0 Å². The van der Waals surface area contributed by atoms with E-state index in [9.17, 15) is 4.79 Å². The molecule has 7 heteroatoms. The van der Waals surface area contributed by atoms with E-state index in [1.165, 1.54) is 0 Å². The number of carbonyl (C=O) groups is 1. The SMILES string of the molecule is O=C(O)C(Br)=C(C(=NBr)OBr)c1ccccc1. The van der Waals surface area contributed by atoms with E-state index < -0.39 is 5.97 Å². The first-order valence-corrected chi connectivity index (χ1v) is 6.43. The van der Waals surface area contributed by atoms with Crippen LogP contribution in [-0.4, -0.2) is 17.0 Å². The van der Waals surface area contributed by atoms with Gasteiger partial charge < -0.3 is 8.93 Å². The van der Waals surface area contributed by atoms with Crippen LogP contribution in [0.25, 0.3) is 5.57 Å². The molecule has 0 aliphatic heterocycles. The summed E-state index contributed by atoms with van der Waals surface area (Å²) in [6.45, 7) is 0. The van der Waals surface area contributed by atoms with Crippen LogP contribution in [0.15, 0.2) is 38.8 Å². The lowest BCUT2D eigenvalue weighted by Crippen LogP contribution is -2.07. The number of aliphatic carboxylic acids is 1. The first-order valence-electron chi connectivity index (χ1n) is 4.28. The molecule has 0 heterocycles. The van der Waals surface area contributed by atoms with Crippen LogP contribution in [0.5, 0.6) is 0 Å². The molecule has 0 aliphatic rings. The Hall–Kier alpha value is -0.660. The maximum atomic E-state index is 11.0. The Labute approximate surface area is 123 Å². The molecule has 0 unspecified atom stereocenters. The van der Waals surface area contributed by atoms with Crippen LogP contribution < -0.4 is 0 Å². The summed E-state index contributed by atoms with van der Waals surface area (Å²) in [5.74, 6) is -1.01. The van der Waals surface area contributed by atoms with Crippen LogP contribution >= 0.6 is 48.3 Å². The molecule has 0 spiro atoms. The number of hydrogen-bond donors (Lipinski definition) is 1. The lowest BCUT2D eigenvalue weighted by Gasteiger charge is -2.08. The quantitative estimate of drug-likeness (QED) is 0.452. The summed E-state index contributed by atoms with van der Waals surface area (Å²) in [6.07, 6.45) is 0. The Kier molecular flexibility index (Phi) is 5.87. The summed E-state index contributed by atoms with van der Waals surface area (Å²) >= 11 is 8.66. The normalized spacial score (nSPS) is 13.0. The minimum atomic E-state index is -1.11. The van der Waals surface area contributed by atoms with Crippen molar-refractivity contribution < 1.29 is 13.7 Å². The van der Waals surface area contributed by atoms with Crippen molar-refractivity contribution in [3.05, 3.63) is 40.4 Å². The third kappa shape index (κ3) is 3.65. The van der Waals surface area contributed by atoms with Crippen LogP contribution in [0.4, 0.5) is 0 Å². The lowest BCUT2D eigenvalue weighted by atomic mass is 10.1. The second-order valence-electron chi connectivity index (χ2n) is 2.83. The average Bonchev–Trinajstić information content (AvgIpc) is 2.36. The smallest absolute Gasteiger partial charge is 0.343 e. The Bertz CT molecular complexity index is 471. The number of benzene rings is 1. The minimum absolute atomic E-state index is 0.0404. The van der Waals surface area contributed by atoms with Gasteiger partial charge >= 0.3 is 5.97 Å². The van der Waals surface area contributed by atoms with Gasteiger partial charge in [-0.2, -0.15) is 4.02 Å². The molecule has 17 heavy (non-hydrogen) atoms. The highest BCUT2D eigenvalue weighted by Gasteiger charge is 2.19. The van der Waals surface area contributed by atoms with Gasteiger partial charge in [-0.05, 0) is 21.5 Å². The molecule has 1 N–H and O–H groups in total. The highest BCUT2D eigenvalue weighted by molar-refractivity contribution is 9.12. The molecule has 90 valence electrons.